The van der Waals surface area contributed by atoms with Crippen molar-refractivity contribution < 1.29 is 18.7 Å². The number of anilines is 1. The molecule has 148 valence electrons. The second-order valence-corrected chi connectivity index (χ2v) is 7.12. The van der Waals surface area contributed by atoms with Gasteiger partial charge in [-0.25, -0.2) is 4.39 Å². The number of halogens is 1. The van der Waals surface area contributed by atoms with Crippen LogP contribution < -0.4 is 10.2 Å². The molecule has 27 heavy (non-hydrogen) atoms. The number of ether oxygens (including phenoxy) is 1. The molecule has 2 saturated heterocycles. The van der Waals surface area contributed by atoms with Crippen molar-refractivity contribution in [3.05, 3.63) is 30.1 Å². The van der Waals surface area contributed by atoms with E-state index >= 15 is 0 Å². The Bertz CT molecular complexity index is 624. The molecule has 2 amide bonds. The first kappa shape index (κ1) is 19.6. The molecule has 0 aromatic heterocycles. The first-order chi connectivity index (χ1) is 13.1. The number of piperazine rings is 1. The van der Waals surface area contributed by atoms with Gasteiger partial charge in [-0.1, -0.05) is 0 Å². The molecule has 1 atom stereocenters. The van der Waals surface area contributed by atoms with E-state index in [0.29, 0.717) is 32.5 Å². The van der Waals surface area contributed by atoms with E-state index < -0.39 is 0 Å². The third kappa shape index (κ3) is 5.92. The van der Waals surface area contributed by atoms with Crippen molar-refractivity contribution in [3.63, 3.8) is 0 Å². The smallest absolute Gasteiger partial charge is 0.224 e. The number of nitrogens with one attached hydrogen (secondary N) is 1. The summed E-state index contributed by atoms with van der Waals surface area (Å²) in [7, 11) is 0. The van der Waals surface area contributed by atoms with Crippen molar-refractivity contribution in [2.24, 2.45) is 0 Å². The van der Waals surface area contributed by atoms with Crippen molar-refractivity contribution >= 4 is 17.5 Å². The van der Waals surface area contributed by atoms with E-state index in [-0.39, 0.29) is 23.7 Å². The summed E-state index contributed by atoms with van der Waals surface area (Å²) in [5.41, 5.74) is 0.974. The Balaban J connectivity index is 1.31. The maximum Gasteiger partial charge on any atom is 0.224 e. The van der Waals surface area contributed by atoms with Gasteiger partial charge in [0.05, 0.1) is 6.10 Å². The molecule has 0 bridgehead atoms. The number of carbonyl (C=O) groups is 2. The van der Waals surface area contributed by atoms with Gasteiger partial charge in [0.1, 0.15) is 5.82 Å². The average molecular weight is 377 g/mol. The van der Waals surface area contributed by atoms with Crippen molar-refractivity contribution in [2.45, 2.75) is 38.2 Å². The highest BCUT2D eigenvalue weighted by Gasteiger charge is 2.21. The van der Waals surface area contributed by atoms with E-state index in [1.54, 1.807) is 12.1 Å². The molecule has 0 aliphatic carbocycles. The Labute approximate surface area is 159 Å². The molecular formula is C20H28FN3O3. The van der Waals surface area contributed by atoms with Gasteiger partial charge in [-0.3, -0.25) is 9.59 Å². The summed E-state index contributed by atoms with van der Waals surface area (Å²) in [4.78, 5) is 28.2. The summed E-state index contributed by atoms with van der Waals surface area (Å²) in [6.45, 7) is 3.92. The zero-order valence-electron chi connectivity index (χ0n) is 15.7. The summed E-state index contributed by atoms with van der Waals surface area (Å²) in [6, 6.07) is 6.43. The Morgan fingerprint density at radius 1 is 1.11 bits per heavy atom. The van der Waals surface area contributed by atoms with Crippen molar-refractivity contribution in [1.82, 2.24) is 10.2 Å². The summed E-state index contributed by atoms with van der Waals surface area (Å²) in [5.74, 6) is -0.196. The Morgan fingerprint density at radius 3 is 2.52 bits per heavy atom. The molecule has 2 fully saturated rings. The van der Waals surface area contributed by atoms with E-state index in [1.165, 1.54) is 12.1 Å². The number of carbonyl (C=O) groups excluding carboxylic acids is 2. The standard InChI is InChI=1S/C20H28FN3O3/c21-16-3-5-17(6-4-16)23-11-13-24(14-12-23)20(26)9-10-22-19(25)8-7-18-2-1-15-27-18/h3-6,18H,1-2,7-15H2,(H,22,25)/t18-/m0/s1. The van der Waals surface area contributed by atoms with Gasteiger partial charge in [-0.2, -0.15) is 0 Å². The van der Waals surface area contributed by atoms with Crippen LogP contribution in [-0.4, -0.2) is 62.1 Å². The summed E-state index contributed by atoms with van der Waals surface area (Å²) >= 11 is 0. The quantitative estimate of drug-likeness (QED) is 0.789. The molecule has 1 aromatic carbocycles. The van der Waals surface area contributed by atoms with Crippen molar-refractivity contribution in [1.29, 1.82) is 0 Å². The third-order valence-corrected chi connectivity index (χ3v) is 5.20. The van der Waals surface area contributed by atoms with Gasteiger partial charge >= 0.3 is 0 Å². The number of rotatable bonds is 7. The normalized spacial score (nSPS) is 20.0. The van der Waals surface area contributed by atoms with Crippen LogP contribution in [0.1, 0.15) is 32.1 Å². The Morgan fingerprint density at radius 2 is 1.85 bits per heavy atom. The highest BCUT2D eigenvalue weighted by molar-refractivity contribution is 5.79. The van der Waals surface area contributed by atoms with Crippen LogP contribution in [0.25, 0.3) is 0 Å². The lowest BCUT2D eigenvalue weighted by Gasteiger charge is -2.36. The lowest BCUT2D eigenvalue weighted by molar-refractivity contribution is -0.131. The lowest BCUT2D eigenvalue weighted by atomic mass is 10.1. The van der Waals surface area contributed by atoms with Gasteiger partial charge in [0.25, 0.3) is 0 Å². The maximum absolute atomic E-state index is 13.0. The van der Waals surface area contributed by atoms with Gasteiger partial charge in [-0.15, -0.1) is 0 Å². The van der Waals surface area contributed by atoms with E-state index in [4.69, 9.17) is 4.74 Å². The van der Waals surface area contributed by atoms with Gasteiger partial charge in [-0.05, 0) is 43.5 Å². The SMILES string of the molecule is O=C(CC[C@@H]1CCCO1)NCCC(=O)N1CCN(c2ccc(F)cc2)CC1. The topological polar surface area (TPSA) is 61.9 Å². The second kappa shape index (κ2) is 9.69. The predicted octanol–water partition coefficient (Wildman–Crippen LogP) is 1.94. The summed E-state index contributed by atoms with van der Waals surface area (Å²) < 4.78 is 18.5. The maximum atomic E-state index is 13.0. The zero-order chi connectivity index (χ0) is 19.1. The van der Waals surface area contributed by atoms with E-state index in [2.05, 4.69) is 10.2 Å². The minimum absolute atomic E-state index is 0.0144. The summed E-state index contributed by atoms with van der Waals surface area (Å²) in [6.07, 6.45) is 3.86. The molecule has 0 unspecified atom stereocenters. The van der Waals surface area contributed by atoms with E-state index in [1.807, 2.05) is 4.90 Å². The Kier molecular flexibility index (Phi) is 7.04. The van der Waals surface area contributed by atoms with Crippen LogP contribution in [0.5, 0.6) is 0 Å². The van der Waals surface area contributed by atoms with Gasteiger partial charge in [0.15, 0.2) is 0 Å². The molecule has 3 rings (SSSR count). The molecule has 2 aliphatic heterocycles. The molecule has 0 saturated carbocycles. The van der Waals surface area contributed by atoms with Crippen LogP contribution in [0, 0.1) is 5.82 Å². The molecule has 1 N–H and O–H groups in total. The molecular weight excluding hydrogens is 349 g/mol. The number of benzene rings is 1. The monoisotopic (exact) mass is 377 g/mol. The van der Waals surface area contributed by atoms with E-state index in [9.17, 15) is 14.0 Å². The highest BCUT2D eigenvalue weighted by atomic mass is 19.1. The van der Waals surface area contributed by atoms with Crippen LogP contribution in [0.4, 0.5) is 10.1 Å². The highest BCUT2D eigenvalue weighted by Crippen LogP contribution is 2.18. The van der Waals surface area contributed by atoms with Crippen LogP contribution >= 0.6 is 0 Å². The summed E-state index contributed by atoms with van der Waals surface area (Å²) in [5, 5.41) is 2.83. The number of amides is 2. The van der Waals surface area contributed by atoms with E-state index in [0.717, 1.165) is 44.6 Å². The van der Waals surface area contributed by atoms with Crippen LogP contribution in [-0.2, 0) is 14.3 Å². The van der Waals surface area contributed by atoms with Crippen LogP contribution in [0.2, 0.25) is 0 Å². The zero-order valence-corrected chi connectivity index (χ0v) is 15.7. The first-order valence-corrected chi connectivity index (χ1v) is 9.78. The molecule has 0 radical (unpaired) electrons. The lowest BCUT2D eigenvalue weighted by Crippen LogP contribution is -2.49. The molecule has 6 nitrogen and oxygen atoms in total. The van der Waals surface area contributed by atoms with Crippen LogP contribution in [0.15, 0.2) is 24.3 Å². The van der Waals surface area contributed by atoms with Gasteiger partial charge in [0.2, 0.25) is 11.8 Å². The minimum atomic E-state index is -0.245. The molecule has 7 heteroatoms. The fourth-order valence-electron chi connectivity index (χ4n) is 3.59. The fraction of sp³-hybridized carbons (Fsp3) is 0.600. The molecule has 0 spiro atoms. The molecule has 2 heterocycles. The molecule has 2 aliphatic rings. The number of nitrogens with zero attached hydrogens (tertiary/aromatic N) is 2. The third-order valence-electron chi connectivity index (χ3n) is 5.20. The Hall–Kier alpha value is -2.15. The van der Waals surface area contributed by atoms with Crippen molar-refractivity contribution in [3.8, 4) is 0 Å². The first-order valence-electron chi connectivity index (χ1n) is 9.78. The number of hydrogen-bond donors (Lipinski definition) is 1. The predicted molar refractivity (Wildman–Crippen MR) is 101 cm³/mol. The minimum Gasteiger partial charge on any atom is -0.378 e. The molecule has 1 aromatic rings. The average Bonchev–Trinajstić information content (AvgIpc) is 3.21. The largest absolute Gasteiger partial charge is 0.378 e. The van der Waals surface area contributed by atoms with Crippen molar-refractivity contribution in [2.75, 3.05) is 44.2 Å². The second-order valence-electron chi connectivity index (χ2n) is 7.12. The van der Waals surface area contributed by atoms with Gasteiger partial charge < -0.3 is 19.9 Å². The van der Waals surface area contributed by atoms with Crippen LogP contribution in [0.3, 0.4) is 0 Å². The van der Waals surface area contributed by atoms with Gasteiger partial charge in [0, 0.05) is 57.9 Å². The number of hydrogen-bond acceptors (Lipinski definition) is 4. The fourth-order valence-corrected chi connectivity index (χ4v) is 3.59.